The van der Waals surface area contributed by atoms with Crippen LogP contribution in [0.3, 0.4) is 0 Å². The first kappa shape index (κ1) is 13.6. The Labute approximate surface area is 115 Å². The van der Waals surface area contributed by atoms with Crippen molar-refractivity contribution in [3.8, 4) is 0 Å². The highest BCUT2D eigenvalue weighted by Crippen LogP contribution is 2.12. The smallest absolute Gasteiger partial charge is 0.0543 e. The fourth-order valence-electron chi connectivity index (χ4n) is 2.00. The third-order valence-electron chi connectivity index (χ3n) is 3.11. The predicted molar refractivity (Wildman–Crippen MR) is 80.2 cm³/mol. The van der Waals surface area contributed by atoms with E-state index in [-0.39, 0.29) is 0 Å². The molecule has 0 aliphatic rings. The molecule has 1 N–H and O–H groups in total. The van der Waals surface area contributed by atoms with Gasteiger partial charge in [0.15, 0.2) is 0 Å². The number of rotatable bonds is 6. The van der Waals surface area contributed by atoms with Crippen LogP contribution in [0.4, 0.5) is 5.69 Å². The zero-order chi connectivity index (χ0) is 13.5. The lowest BCUT2D eigenvalue weighted by Crippen LogP contribution is -2.25. The topological polar surface area (TPSA) is 28.2 Å². The van der Waals surface area contributed by atoms with Gasteiger partial charge in [0.1, 0.15) is 0 Å². The van der Waals surface area contributed by atoms with Crippen molar-refractivity contribution < 1.29 is 0 Å². The number of hydrogen-bond donors (Lipinski definition) is 1. The molecule has 3 heteroatoms. The number of anilines is 1. The molecular weight excluding hydrogens is 234 g/mol. The molecule has 2 aromatic rings. The maximum atomic E-state index is 4.34. The van der Waals surface area contributed by atoms with Crippen LogP contribution in [0.15, 0.2) is 48.7 Å². The molecule has 0 amide bonds. The molecule has 2 rings (SSSR count). The van der Waals surface area contributed by atoms with Crippen LogP contribution in [-0.2, 0) is 6.54 Å². The third kappa shape index (κ3) is 4.38. The number of pyridine rings is 1. The average molecular weight is 255 g/mol. The van der Waals surface area contributed by atoms with Gasteiger partial charge in [0.2, 0.25) is 0 Å². The van der Waals surface area contributed by atoms with E-state index in [1.807, 2.05) is 18.3 Å². The molecule has 0 aliphatic carbocycles. The Balaban J connectivity index is 1.75. The summed E-state index contributed by atoms with van der Waals surface area (Å²) < 4.78 is 0. The summed E-state index contributed by atoms with van der Waals surface area (Å²) in [5, 5.41) is 3.47. The minimum absolute atomic E-state index is 0.885. The normalized spacial score (nSPS) is 10.7. The fraction of sp³-hybridized carbons (Fsp3) is 0.312. The summed E-state index contributed by atoms with van der Waals surface area (Å²) in [7, 11) is 2.12. The van der Waals surface area contributed by atoms with Crippen molar-refractivity contribution in [1.29, 1.82) is 0 Å². The lowest BCUT2D eigenvalue weighted by atomic mass is 10.2. The number of para-hydroxylation sites is 1. The Morgan fingerprint density at radius 2 is 1.89 bits per heavy atom. The van der Waals surface area contributed by atoms with Crippen molar-refractivity contribution in [1.82, 2.24) is 9.88 Å². The number of aryl methyl sites for hydroxylation is 1. The van der Waals surface area contributed by atoms with Crippen LogP contribution < -0.4 is 5.32 Å². The first-order valence-corrected chi connectivity index (χ1v) is 6.63. The molecule has 0 spiro atoms. The van der Waals surface area contributed by atoms with Crippen LogP contribution in [0, 0.1) is 6.92 Å². The zero-order valence-electron chi connectivity index (χ0n) is 11.6. The quantitative estimate of drug-likeness (QED) is 0.860. The highest BCUT2D eigenvalue weighted by atomic mass is 15.1. The van der Waals surface area contributed by atoms with Crippen LogP contribution in [0.2, 0.25) is 0 Å². The van der Waals surface area contributed by atoms with Crippen molar-refractivity contribution in [3.63, 3.8) is 0 Å². The predicted octanol–water partition coefficient (Wildman–Crippen LogP) is 2.93. The first-order chi connectivity index (χ1) is 9.25. The van der Waals surface area contributed by atoms with Gasteiger partial charge in [-0.2, -0.15) is 0 Å². The number of nitrogens with zero attached hydrogens (tertiary/aromatic N) is 2. The van der Waals surface area contributed by atoms with Gasteiger partial charge in [0.25, 0.3) is 0 Å². The van der Waals surface area contributed by atoms with Crippen molar-refractivity contribution in [3.05, 3.63) is 59.9 Å². The summed E-state index contributed by atoms with van der Waals surface area (Å²) in [4.78, 5) is 6.61. The van der Waals surface area contributed by atoms with E-state index in [9.17, 15) is 0 Å². The lowest BCUT2D eigenvalue weighted by molar-refractivity contribution is 0.335. The summed E-state index contributed by atoms with van der Waals surface area (Å²) >= 11 is 0. The van der Waals surface area contributed by atoms with Gasteiger partial charge in [-0.1, -0.05) is 24.3 Å². The molecule has 1 aromatic carbocycles. The molecule has 1 aromatic heterocycles. The molecule has 0 aliphatic heterocycles. The van der Waals surface area contributed by atoms with Gasteiger partial charge < -0.3 is 5.32 Å². The van der Waals surface area contributed by atoms with E-state index in [0.29, 0.717) is 0 Å². The second kappa shape index (κ2) is 6.90. The molecule has 100 valence electrons. The summed E-state index contributed by atoms with van der Waals surface area (Å²) in [5.41, 5.74) is 3.62. The summed E-state index contributed by atoms with van der Waals surface area (Å²) in [6.07, 6.45) is 1.84. The Morgan fingerprint density at radius 3 is 2.63 bits per heavy atom. The van der Waals surface area contributed by atoms with E-state index in [1.165, 1.54) is 11.3 Å². The second-order valence-electron chi connectivity index (χ2n) is 4.80. The van der Waals surface area contributed by atoms with E-state index < -0.39 is 0 Å². The maximum absolute atomic E-state index is 4.34. The van der Waals surface area contributed by atoms with Crippen LogP contribution in [-0.4, -0.2) is 30.0 Å². The molecule has 0 atom stereocenters. The molecular formula is C16H21N3. The van der Waals surface area contributed by atoms with Crippen LogP contribution in [0.1, 0.15) is 11.3 Å². The average Bonchev–Trinajstić information content (AvgIpc) is 2.42. The molecule has 0 radical (unpaired) electrons. The largest absolute Gasteiger partial charge is 0.384 e. The van der Waals surface area contributed by atoms with E-state index in [4.69, 9.17) is 0 Å². The van der Waals surface area contributed by atoms with Crippen LogP contribution in [0.5, 0.6) is 0 Å². The van der Waals surface area contributed by atoms with Gasteiger partial charge >= 0.3 is 0 Å². The Morgan fingerprint density at radius 1 is 1.11 bits per heavy atom. The number of benzene rings is 1. The van der Waals surface area contributed by atoms with Crippen molar-refractivity contribution >= 4 is 5.69 Å². The SMILES string of the molecule is Cc1ccccc1NCCN(C)Cc1ccccn1. The van der Waals surface area contributed by atoms with Gasteiger partial charge in [-0.25, -0.2) is 0 Å². The van der Waals surface area contributed by atoms with E-state index in [0.717, 1.165) is 25.3 Å². The van der Waals surface area contributed by atoms with E-state index in [2.05, 4.69) is 59.5 Å². The fourth-order valence-corrected chi connectivity index (χ4v) is 2.00. The minimum Gasteiger partial charge on any atom is -0.384 e. The highest BCUT2D eigenvalue weighted by molar-refractivity contribution is 5.50. The van der Waals surface area contributed by atoms with Crippen LogP contribution >= 0.6 is 0 Å². The molecule has 1 heterocycles. The minimum atomic E-state index is 0.885. The van der Waals surface area contributed by atoms with Gasteiger partial charge in [0.05, 0.1) is 5.69 Å². The maximum Gasteiger partial charge on any atom is 0.0543 e. The number of likely N-dealkylation sites (N-methyl/N-ethyl adjacent to an activating group) is 1. The number of aromatic nitrogens is 1. The Bertz CT molecular complexity index is 496. The van der Waals surface area contributed by atoms with Crippen LogP contribution in [0.25, 0.3) is 0 Å². The van der Waals surface area contributed by atoms with Gasteiger partial charge in [-0.3, -0.25) is 9.88 Å². The summed E-state index contributed by atoms with van der Waals surface area (Å²) in [6.45, 7) is 4.94. The van der Waals surface area contributed by atoms with Crippen molar-refractivity contribution in [2.24, 2.45) is 0 Å². The standard InChI is InChI=1S/C16H21N3/c1-14-7-3-4-9-16(14)18-11-12-19(2)13-15-8-5-6-10-17-15/h3-10,18H,11-13H2,1-2H3. The molecule has 0 fully saturated rings. The molecule has 0 unspecified atom stereocenters. The number of nitrogens with one attached hydrogen (secondary N) is 1. The summed E-state index contributed by atoms with van der Waals surface area (Å²) in [5.74, 6) is 0. The van der Waals surface area contributed by atoms with Gasteiger partial charge in [-0.05, 0) is 37.7 Å². The highest BCUT2D eigenvalue weighted by Gasteiger charge is 2.01. The summed E-state index contributed by atoms with van der Waals surface area (Å²) in [6, 6.07) is 14.4. The van der Waals surface area contributed by atoms with E-state index in [1.54, 1.807) is 0 Å². The second-order valence-corrected chi connectivity index (χ2v) is 4.80. The monoisotopic (exact) mass is 255 g/mol. The Kier molecular flexibility index (Phi) is 4.93. The zero-order valence-corrected chi connectivity index (χ0v) is 11.6. The van der Waals surface area contributed by atoms with E-state index >= 15 is 0 Å². The molecule has 3 nitrogen and oxygen atoms in total. The molecule has 0 saturated carbocycles. The first-order valence-electron chi connectivity index (χ1n) is 6.63. The van der Waals surface area contributed by atoms with Crippen molar-refractivity contribution in [2.45, 2.75) is 13.5 Å². The lowest BCUT2D eigenvalue weighted by Gasteiger charge is -2.17. The molecule has 0 saturated heterocycles. The van der Waals surface area contributed by atoms with Gasteiger partial charge in [-0.15, -0.1) is 0 Å². The third-order valence-corrected chi connectivity index (χ3v) is 3.11. The van der Waals surface area contributed by atoms with Crippen molar-refractivity contribution in [2.75, 3.05) is 25.5 Å². The molecule has 0 bridgehead atoms. The molecule has 19 heavy (non-hydrogen) atoms. The Hall–Kier alpha value is -1.87. The van der Waals surface area contributed by atoms with Gasteiger partial charge in [0, 0.05) is 31.5 Å². The number of hydrogen-bond acceptors (Lipinski definition) is 3.